The molecule has 0 aliphatic carbocycles. The SMILES string of the molecule is O=C(Cc1ccc2c(c1)OCO2)N1CCC(N2CCOC2=O)C1. The minimum atomic E-state index is -0.264. The highest BCUT2D eigenvalue weighted by Crippen LogP contribution is 2.32. The first-order chi connectivity index (χ1) is 11.2. The lowest BCUT2D eigenvalue weighted by molar-refractivity contribution is -0.129. The fraction of sp³-hybridized carbons (Fsp3) is 0.500. The van der Waals surface area contributed by atoms with Crippen LogP contribution >= 0.6 is 0 Å². The summed E-state index contributed by atoms with van der Waals surface area (Å²) >= 11 is 0. The van der Waals surface area contributed by atoms with E-state index in [0.29, 0.717) is 38.4 Å². The van der Waals surface area contributed by atoms with Gasteiger partial charge in [0.05, 0.1) is 19.0 Å². The first-order valence-electron chi connectivity index (χ1n) is 7.80. The van der Waals surface area contributed by atoms with Gasteiger partial charge in [0.15, 0.2) is 11.5 Å². The Balaban J connectivity index is 1.37. The van der Waals surface area contributed by atoms with Gasteiger partial charge >= 0.3 is 6.09 Å². The molecule has 1 atom stereocenters. The van der Waals surface area contributed by atoms with Crippen molar-refractivity contribution in [2.75, 3.05) is 33.0 Å². The summed E-state index contributed by atoms with van der Waals surface area (Å²) in [6.45, 7) is 2.55. The molecule has 2 saturated heterocycles. The van der Waals surface area contributed by atoms with Crippen molar-refractivity contribution >= 4 is 12.0 Å². The van der Waals surface area contributed by atoms with Gasteiger partial charge in [0.2, 0.25) is 12.7 Å². The van der Waals surface area contributed by atoms with E-state index in [2.05, 4.69) is 0 Å². The van der Waals surface area contributed by atoms with E-state index in [1.807, 2.05) is 23.1 Å². The minimum absolute atomic E-state index is 0.0685. The number of carbonyl (C=O) groups is 2. The van der Waals surface area contributed by atoms with Gasteiger partial charge in [0.1, 0.15) is 6.61 Å². The molecule has 1 aromatic rings. The van der Waals surface area contributed by atoms with Gasteiger partial charge < -0.3 is 19.1 Å². The summed E-state index contributed by atoms with van der Waals surface area (Å²) in [5.74, 6) is 1.48. The molecule has 4 rings (SSSR count). The minimum Gasteiger partial charge on any atom is -0.454 e. The van der Waals surface area contributed by atoms with Crippen molar-refractivity contribution in [3.05, 3.63) is 23.8 Å². The zero-order valence-corrected chi connectivity index (χ0v) is 12.7. The summed E-state index contributed by atoms with van der Waals surface area (Å²) in [5.41, 5.74) is 0.906. The number of amides is 2. The maximum absolute atomic E-state index is 12.5. The average molecular weight is 318 g/mol. The lowest BCUT2D eigenvalue weighted by Gasteiger charge is -2.22. The molecule has 122 valence electrons. The number of rotatable bonds is 3. The third kappa shape index (κ3) is 2.67. The van der Waals surface area contributed by atoms with Crippen molar-refractivity contribution in [3.63, 3.8) is 0 Å². The van der Waals surface area contributed by atoms with Crippen LogP contribution in [0.15, 0.2) is 18.2 Å². The van der Waals surface area contributed by atoms with Crippen LogP contribution in [0.5, 0.6) is 11.5 Å². The van der Waals surface area contributed by atoms with E-state index in [9.17, 15) is 9.59 Å². The average Bonchev–Trinajstić information content (AvgIpc) is 3.25. The van der Waals surface area contributed by atoms with E-state index < -0.39 is 0 Å². The van der Waals surface area contributed by atoms with Crippen molar-refractivity contribution < 1.29 is 23.8 Å². The molecule has 0 aromatic heterocycles. The maximum atomic E-state index is 12.5. The zero-order valence-electron chi connectivity index (χ0n) is 12.7. The quantitative estimate of drug-likeness (QED) is 0.832. The maximum Gasteiger partial charge on any atom is 0.410 e. The Morgan fingerprint density at radius 2 is 2.04 bits per heavy atom. The molecule has 3 aliphatic heterocycles. The highest BCUT2D eigenvalue weighted by atomic mass is 16.7. The Morgan fingerprint density at radius 3 is 2.87 bits per heavy atom. The predicted molar refractivity (Wildman–Crippen MR) is 79.3 cm³/mol. The molecule has 0 bridgehead atoms. The molecule has 0 N–H and O–H groups in total. The number of ether oxygens (including phenoxy) is 3. The molecule has 23 heavy (non-hydrogen) atoms. The number of nitrogens with zero attached hydrogens (tertiary/aromatic N) is 2. The molecule has 7 heteroatoms. The Labute approximate surface area is 133 Å². The number of cyclic esters (lactones) is 1. The second-order valence-corrected chi connectivity index (χ2v) is 5.95. The highest BCUT2D eigenvalue weighted by molar-refractivity contribution is 5.79. The number of likely N-dealkylation sites (tertiary alicyclic amines) is 1. The lowest BCUT2D eigenvalue weighted by atomic mass is 10.1. The zero-order chi connectivity index (χ0) is 15.8. The molecule has 3 heterocycles. The van der Waals surface area contributed by atoms with Gasteiger partial charge in [-0.2, -0.15) is 0 Å². The Hall–Kier alpha value is -2.44. The molecule has 2 amide bonds. The second-order valence-electron chi connectivity index (χ2n) is 5.95. The van der Waals surface area contributed by atoms with Gasteiger partial charge in [-0.3, -0.25) is 9.69 Å². The third-order valence-electron chi connectivity index (χ3n) is 4.54. The van der Waals surface area contributed by atoms with Crippen LogP contribution in [0.1, 0.15) is 12.0 Å². The number of fused-ring (bicyclic) bond motifs is 1. The fourth-order valence-corrected chi connectivity index (χ4v) is 3.30. The Morgan fingerprint density at radius 1 is 1.17 bits per heavy atom. The fourth-order valence-electron chi connectivity index (χ4n) is 3.30. The van der Waals surface area contributed by atoms with Crippen molar-refractivity contribution in [2.45, 2.75) is 18.9 Å². The lowest BCUT2D eigenvalue weighted by Crippen LogP contribution is -2.39. The van der Waals surface area contributed by atoms with Crippen molar-refractivity contribution in [2.24, 2.45) is 0 Å². The van der Waals surface area contributed by atoms with Crippen LogP contribution in [0, 0.1) is 0 Å². The topological polar surface area (TPSA) is 68.3 Å². The predicted octanol–water partition coefficient (Wildman–Crippen LogP) is 1.01. The third-order valence-corrected chi connectivity index (χ3v) is 4.54. The van der Waals surface area contributed by atoms with Gasteiger partial charge in [-0.25, -0.2) is 4.79 Å². The van der Waals surface area contributed by atoms with Gasteiger partial charge in [0, 0.05) is 13.1 Å². The van der Waals surface area contributed by atoms with Crippen LogP contribution in [0.25, 0.3) is 0 Å². The summed E-state index contributed by atoms with van der Waals surface area (Å²) in [6.07, 6.45) is 0.871. The van der Waals surface area contributed by atoms with Gasteiger partial charge in [0.25, 0.3) is 0 Å². The van der Waals surface area contributed by atoms with E-state index >= 15 is 0 Å². The Bertz CT molecular complexity index is 647. The van der Waals surface area contributed by atoms with Crippen LogP contribution < -0.4 is 9.47 Å². The molecule has 0 saturated carbocycles. The highest BCUT2D eigenvalue weighted by Gasteiger charge is 2.36. The summed E-state index contributed by atoms with van der Waals surface area (Å²) in [6, 6.07) is 5.64. The molecule has 1 aromatic carbocycles. The molecule has 2 fully saturated rings. The van der Waals surface area contributed by atoms with Crippen molar-refractivity contribution in [3.8, 4) is 11.5 Å². The van der Waals surface area contributed by atoms with Crippen LogP contribution in [0.2, 0.25) is 0 Å². The number of benzene rings is 1. The van der Waals surface area contributed by atoms with Gasteiger partial charge in [-0.1, -0.05) is 6.07 Å². The Kier molecular flexibility index (Phi) is 3.48. The van der Waals surface area contributed by atoms with E-state index in [1.54, 1.807) is 4.90 Å². The van der Waals surface area contributed by atoms with Crippen molar-refractivity contribution in [1.29, 1.82) is 0 Å². The van der Waals surface area contributed by atoms with Gasteiger partial charge in [-0.15, -0.1) is 0 Å². The summed E-state index contributed by atoms with van der Waals surface area (Å²) in [7, 11) is 0. The van der Waals surface area contributed by atoms with Crippen LogP contribution in [-0.4, -0.2) is 60.9 Å². The largest absolute Gasteiger partial charge is 0.454 e. The van der Waals surface area contributed by atoms with Crippen molar-refractivity contribution in [1.82, 2.24) is 9.80 Å². The molecule has 0 spiro atoms. The van der Waals surface area contributed by atoms with E-state index in [4.69, 9.17) is 14.2 Å². The van der Waals surface area contributed by atoms with E-state index in [0.717, 1.165) is 17.7 Å². The number of hydrogen-bond acceptors (Lipinski definition) is 5. The second kappa shape index (κ2) is 5.64. The summed E-state index contributed by atoms with van der Waals surface area (Å²) in [5, 5.41) is 0. The molecular formula is C16H18N2O5. The van der Waals surface area contributed by atoms with Crippen LogP contribution in [0.3, 0.4) is 0 Å². The number of hydrogen-bond donors (Lipinski definition) is 0. The van der Waals surface area contributed by atoms with Crippen LogP contribution in [0.4, 0.5) is 4.79 Å². The first kappa shape index (κ1) is 14.2. The normalized spacial score (nSPS) is 22.6. The van der Waals surface area contributed by atoms with Gasteiger partial charge in [-0.05, 0) is 24.1 Å². The number of carbonyl (C=O) groups excluding carboxylic acids is 2. The summed E-state index contributed by atoms with van der Waals surface area (Å²) in [4.78, 5) is 27.6. The smallest absolute Gasteiger partial charge is 0.410 e. The van der Waals surface area contributed by atoms with E-state index in [-0.39, 0.29) is 24.8 Å². The summed E-state index contributed by atoms with van der Waals surface area (Å²) < 4.78 is 15.6. The van der Waals surface area contributed by atoms with Crippen LogP contribution in [-0.2, 0) is 16.0 Å². The van der Waals surface area contributed by atoms with E-state index in [1.165, 1.54) is 0 Å². The standard InChI is InChI=1S/C16H18N2O5/c19-15(8-11-1-2-13-14(7-11)23-10-22-13)17-4-3-12(9-17)18-5-6-21-16(18)20/h1-2,7,12H,3-6,8-10H2. The molecule has 0 radical (unpaired) electrons. The first-order valence-corrected chi connectivity index (χ1v) is 7.80. The molecule has 7 nitrogen and oxygen atoms in total. The molecular weight excluding hydrogens is 300 g/mol. The molecule has 3 aliphatic rings. The molecule has 1 unspecified atom stereocenters. The monoisotopic (exact) mass is 318 g/mol.